The molecule has 0 aliphatic heterocycles. The van der Waals surface area contributed by atoms with Crippen LogP contribution >= 0.6 is 0 Å². The van der Waals surface area contributed by atoms with E-state index in [0.29, 0.717) is 0 Å². The Balaban J connectivity index is 0.838. The molecule has 0 nitrogen and oxygen atoms in total. The van der Waals surface area contributed by atoms with E-state index < -0.39 is 0 Å². The minimum Gasteiger partial charge on any atom is -0.0619 e. The first-order chi connectivity index (χ1) is 28.0. The largest absolute Gasteiger partial charge is 0.0619 e. The van der Waals surface area contributed by atoms with Crippen molar-refractivity contribution in [3.63, 3.8) is 0 Å². The minimum absolute atomic E-state index is 0.00651. The molecule has 0 saturated carbocycles. The summed E-state index contributed by atoms with van der Waals surface area (Å²) in [7, 11) is 0. The van der Waals surface area contributed by atoms with Crippen LogP contribution in [0.15, 0.2) is 194 Å². The van der Waals surface area contributed by atoms with Crippen molar-refractivity contribution < 1.29 is 0 Å². The van der Waals surface area contributed by atoms with Gasteiger partial charge in [-0.15, -0.1) is 0 Å². The van der Waals surface area contributed by atoms with Crippen LogP contribution in [-0.2, 0) is 5.41 Å². The Morgan fingerprint density at radius 3 is 1.32 bits per heavy atom. The highest BCUT2D eigenvalue weighted by molar-refractivity contribution is 6.18. The van der Waals surface area contributed by atoms with Crippen LogP contribution in [0.4, 0.5) is 0 Å². The van der Waals surface area contributed by atoms with Crippen LogP contribution in [0, 0.1) is 0 Å². The Labute approximate surface area is 333 Å². The molecule has 0 amide bonds. The van der Waals surface area contributed by atoms with E-state index in [1.165, 1.54) is 121 Å². The molecule has 0 saturated heterocycles. The molecule has 2 aliphatic carbocycles. The molecule has 57 heavy (non-hydrogen) atoms. The monoisotopic (exact) mass is 722 g/mol. The average Bonchev–Trinajstić information content (AvgIpc) is 3.71. The molecule has 10 aromatic rings. The lowest BCUT2D eigenvalue weighted by Gasteiger charge is -2.22. The highest BCUT2D eigenvalue weighted by Crippen LogP contribution is 2.51. The van der Waals surface area contributed by atoms with Gasteiger partial charge in [0.25, 0.3) is 0 Å². The molecule has 0 N–H and O–H groups in total. The van der Waals surface area contributed by atoms with Crippen LogP contribution in [0.1, 0.15) is 25.0 Å². The second-order valence-electron chi connectivity index (χ2n) is 16.5. The second-order valence-corrected chi connectivity index (χ2v) is 16.5. The van der Waals surface area contributed by atoms with Crippen molar-refractivity contribution in [3.8, 4) is 77.9 Å². The van der Waals surface area contributed by atoms with Gasteiger partial charge in [0.1, 0.15) is 0 Å². The molecular weight excluding hydrogens is 685 g/mol. The quantitative estimate of drug-likeness (QED) is 0.170. The molecule has 0 heterocycles. The smallest absolute Gasteiger partial charge is 0.0159 e. The zero-order chi connectivity index (χ0) is 37.8. The summed E-state index contributed by atoms with van der Waals surface area (Å²) in [6, 6.07) is 72.7. The first kappa shape index (κ1) is 32.2. The summed E-state index contributed by atoms with van der Waals surface area (Å²) in [6.45, 7) is 4.70. The lowest BCUT2D eigenvalue weighted by molar-refractivity contribution is 0.660. The SMILES string of the molecule is CC1(C)c2ccccc2-c2ccc(-c3ccc4cc(-c5ccc6cc(-c7cccc(-c8ccc9c%10c(cccc8%10)-c8ccccc8-9)c7)ccc6c5)ccc4c3)cc21. The summed E-state index contributed by atoms with van der Waals surface area (Å²) >= 11 is 0. The molecular formula is C57H38. The van der Waals surface area contributed by atoms with Crippen LogP contribution in [0.5, 0.6) is 0 Å². The topological polar surface area (TPSA) is 0 Å². The summed E-state index contributed by atoms with van der Waals surface area (Å²) in [5.74, 6) is 0. The van der Waals surface area contributed by atoms with Crippen molar-refractivity contribution in [2.75, 3.05) is 0 Å². The third-order valence-corrected chi connectivity index (χ3v) is 13.0. The number of benzene rings is 10. The predicted molar refractivity (Wildman–Crippen MR) is 243 cm³/mol. The molecule has 0 heteroatoms. The van der Waals surface area contributed by atoms with E-state index in [-0.39, 0.29) is 5.41 Å². The third kappa shape index (κ3) is 4.87. The second kappa shape index (κ2) is 12.0. The third-order valence-electron chi connectivity index (χ3n) is 13.0. The maximum absolute atomic E-state index is 2.41. The van der Waals surface area contributed by atoms with Gasteiger partial charge in [0.05, 0.1) is 0 Å². The van der Waals surface area contributed by atoms with Gasteiger partial charge in [0.15, 0.2) is 0 Å². The van der Waals surface area contributed by atoms with Crippen LogP contribution in [0.2, 0.25) is 0 Å². The Bertz CT molecular complexity index is 3290. The summed E-state index contributed by atoms with van der Waals surface area (Å²) in [6.07, 6.45) is 0. The molecule has 266 valence electrons. The predicted octanol–water partition coefficient (Wildman–Crippen LogP) is 15.8. The number of fused-ring (bicyclic) bond motifs is 8. The Hall–Kier alpha value is -7.02. The maximum Gasteiger partial charge on any atom is 0.0159 e. The van der Waals surface area contributed by atoms with E-state index in [2.05, 4.69) is 208 Å². The van der Waals surface area contributed by atoms with E-state index in [4.69, 9.17) is 0 Å². The van der Waals surface area contributed by atoms with Gasteiger partial charge in [-0.3, -0.25) is 0 Å². The maximum atomic E-state index is 2.41. The van der Waals surface area contributed by atoms with Crippen molar-refractivity contribution in [1.82, 2.24) is 0 Å². The van der Waals surface area contributed by atoms with Crippen LogP contribution in [0.25, 0.3) is 110 Å². The Morgan fingerprint density at radius 1 is 0.263 bits per heavy atom. The summed E-state index contributed by atoms with van der Waals surface area (Å²) in [4.78, 5) is 0. The number of hydrogen-bond donors (Lipinski definition) is 0. The van der Waals surface area contributed by atoms with Gasteiger partial charge in [-0.05, 0) is 158 Å². The molecule has 0 bridgehead atoms. The molecule has 0 unspecified atom stereocenters. The minimum atomic E-state index is -0.00651. The summed E-state index contributed by atoms with van der Waals surface area (Å²) in [5.41, 5.74) is 20.9. The van der Waals surface area contributed by atoms with Gasteiger partial charge in [-0.1, -0.05) is 172 Å². The van der Waals surface area contributed by atoms with Crippen LogP contribution in [0.3, 0.4) is 0 Å². The molecule has 12 rings (SSSR count). The fraction of sp³-hybridized carbons (Fsp3) is 0.0526. The number of rotatable bonds is 4. The van der Waals surface area contributed by atoms with E-state index in [1.807, 2.05) is 0 Å². The van der Waals surface area contributed by atoms with Crippen LogP contribution < -0.4 is 0 Å². The molecule has 2 aliphatic rings. The fourth-order valence-corrected chi connectivity index (χ4v) is 10.0. The molecule has 0 atom stereocenters. The van der Waals surface area contributed by atoms with Crippen molar-refractivity contribution >= 4 is 32.3 Å². The molecule has 0 aromatic heterocycles. The van der Waals surface area contributed by atoms with Gasteiger partial charge in [-0.25, -0.2) is 0 Å². The van der Waals surface area contributed by atoms with Crippen molar-refractivity contribution in [2.24, 2.45) is 0 Å². The lowest BCUT2D eigenvalue weighted by atomic mass is 9.81. The summed E-state index contributed by atoms with van der Waals surface area (Å²) in [5, 5.41) is 7.69. The van der Waals surface area contributed by atoms with Gasteiger partial charge in [-0.2, -0.15) is 0 Å². The lowest BCUT2D eigenvalue weighted by Crippen LogP contribution is -2.14. The fourth-order valence-electron chi connectivity index (χ4n) is 10.0. The van der Waals surface area contributed by atoms with Gasteiger partial charge < -0.3 is 0 Å². The highest BCUT2D eigenvalue weighted by Gasteiger charge is 2.35. The van der Waals surface area contributed by atoms with Gasteiger partial charge in [0, 0.05) is 5.41 Å². The molecule has 0 fully saturated rings. The first-order valence-electron chi connectivity index (χ1n) is 20.1. The van der Waals surface area contributed by atoms with E-state index in [0.717, 1.165) is 0 Å². The van der Waals surface area contributed by atoms with Crippen LogP contribution in [-0.4, -0.2) is 0 Å². The van der Waals surface area contributed by atoms with E-state index in [9.17, 15) is 0 Å². The van der Waals surface area contributed by atoms with E-state index in [1.54, 1.807) is 0 Å². The summed E-state index contributed by atoms with van der Waals surface area (Å²) < 4.78 is 0. The first-order valence-corrected chi connectivity index (χ1v) is 20.1. The Kier molecular flexibility index (Phi) is 6.78. The molecule has 10 aromatic carbocycles. The zero-order valence-electron chi connectivity index (χ0n) is 32.0. The van der Waals surface area contributed by atoms with Crippen molar-refractivity contribution in [1.29, 1.82) is 0 Å². The Morgan fingerprint density at radius 2 is 0.684 bits per heavy atom. The molecule has 0 spiro atoms. The van der Waals surface area contributed by atoms with E-state index >= 15 is 0 Å². The average molecular weight is 723 g/mol. The standard InChI is InChI=1S/C57H38/c1-57(2)54-16-6-5-13-49(54)50-26-25-44(34-55(50)57)43-24-23-41-31-40(21-22-42(41)32-43)39-20-19-37-29-36(17-18-38(37)30-39)35-9-7-10-45(33-35)46-27-28-53-48-12-4-3-11-47(48)52-15-8-14-51(46)56(52)53/h3-34H,1-2H3. The van der Waals surface area contributed by atoms with Crippen molar-refractivity contribution in [2.45, 2.75) is 19.3 Å². The highest BCUT2D eigenvalue weighted by atomic mass is 14.4. The van der Waals surface area contributed by atoms with Gasteiger partial charge >= 0.3 is 0 Å². The normalized spacial score (nSPS) is 13.2. The number of hydrogen-bond acceptors (Lipinski definition) is 0. The van der Waals surface area contributed by atoms with Gasteiger partial charge in [0.2, 0.25) is 0 Å². The molecule has 0 radical (unpaired) electrons. The van der Waals surface area contributed by atoms with Crippen molar-refractivity contribution in [3.05, 3.63) is 205 Å². The zero-order valence-corrected chi connectivity index (χ0v) is 32.0.